The molecule has 10 heteroatoms. The molecule has 4 aliphatic carbocycles. The summed E-state index contributed by atoms with van der Waals surface area (Å²) in [5.41, 5.74) is 2.17. The number of amides is 4. The summed E-state index contributed by atoms with van der Waals surface area (Å²) >= 11 is 0. The summed E-state index contributed by atoms with van der Waals surface area (Å²) in [4.78, 5) is 56.8. The van der Waals surface area contributed by atoms with Crippen molar-refractivity contribution >= 4 is 24.0 Å². The lowest BCUT2D eigenvalue weighted by Gasteiger charge is -2.61. The minimum atomic E-state index is -0.475. The van der Waals surface area contributed by atoms with E-state index in [-0.39, 0.29) is 47.9 Å². The standard InChI is InChI=1S/C45H60N4O6/c1-44-23-21-33(46-40(50)37-15-9-25-48(37)42(52)54-28-30-11-5-3-6-12-30)27-32(44)17-18-34-35-19-20-39(45(35,2)24-22-36(34)44)47-41(51)38-16-10-26-49(38)43(53)55-29-31-13-7-4-8-14-31/h3-8,11-14,32-39H,9-10,15-29H2,1-2H3,(H,46,50)(H,47,51). The molecule has 4 saturated carbocycles. The molecule has 2 aromatic carbocycles. The smallest absolute Gasteiger partial charge is 0.410 e. The maximum atomic E-state index is 13.8. The van der Waals surface area contributed by atoms with Crippen molar-refractivity contribution in [1.29, 1.82) is 0 Å². The Morgan fingerprint density at radius 2 is 1.18 bits per heavy atom. The van der Waals surface area contributed by atoms with E-state index in [4.69, 9.17) is 9.47 Å². The predicted octanol–water partition coefficient (Wildman–Crippen LogP) is 7.60. The average molecular weight is 753 g/mol. The second-order valence-electron chi connectivity index (χ2n) is 18.1. The summed E-state index contributed by atoms with van der Waals surface area (Å²) in [6.45, 7) is 6.48. The second kappa shape index (κ2) is 15.8. The van der Waals surface area contributed by atoms with Crippen molar-refractivity contribution in [3.05, 3.63) is 71.8 Å². The molecule has 4 amide bonds. The first-order chi connectivity index (χ1) is 26.6. The van der Waals surface area contributed by atoms with Crippen LogP contribution in [-0.2, 0) is 32.3 Å². The summed E-state index contributed by atoms with van der Waals surface area (Å²) in [6.07, 6.45) is 12.0. The molecule has 2 aliphatic heterocycles. The molecule has 6 fully saturated rings. The summed E-state index contributed by atoms with van der Waals surface area (Å²) in [6, 6.07) is 18.6. The Labute approximate surface area is 326 Å². The minimum absolute atomic E-state index is 0.0241. The van der Waals surface area contributed by atoms with E-state index in [1.807, 2.05) is 60.7 Å². The summed E-state index contributed by atoms with van der Waals surface area (Å²) in [7, 11) is 0. The highest BCUT2D eigenvalue weighted by Crippen LogP contribution is 2.66. The maximum Gasteiger partial charge on any atom is 0.410 e. The van der Waals surface area contributed by atoms with Crippen LogP contribution in [0.15, 0.2) is 60.7 Å². The quantitative estimate of drug-likeness (QED) is 0.287. The fraction of sp³-hybridized carbons (Fsp3) is 0.644. The fourth-order valence-corrected chi connectivity index (χ4v) is 12.3. The zero-order chi connectivity index (χ0) is 38.2. The van der Waals surface area contributed by atoms with Crippen molar-refractivity contribution in [3.63, 3.8) is 0 Å². The third kappa shape index (κ3) is 7.46. The van der Waals surface area contributed by atoms with Crippen molar-refractivity contribution in [2.45, 2.75) is 135 Å². The van der Waals surface area contributed by atoms with Crippen molar-refractivity contribution < 1.29 is 28.7 Å². The van der Waals surface area contributed by atoms with E-state index < -0.39 is 24.3 Å². The Morgan fingerprint density at radius 1 is 0.636 bits per heavy atom. The van der Waals surface area contributed by atoms with Crippen LogP contribution in [0.25, 0.3) is 0 Å². The first-order valence-electron chi connectivity index (χ1n) is 21.2. The number of ether oxygens (including phenoxy) is 2. The number of nitrogens with zero attached hydrogens (tertiary/aromatic N) is 2. The predicted molar refractivity (Wildman–Crippen MR) is 208 cm³/mol. The minimum Gasteiger partial charge on any atom is -0.445 e. The molecule has 10 unspecified atom stereocenters. The normalized spacial score (nSPS) is 35.2. The van der Waals surface area contributed by atoms with Crippen LogP contribution in [-0.4, -0.2) is 71.1 Å². The van der Waals surface area contributed by atoms with Crippen molar-refractivity contribution in [2.75, 3.05) is 13.1 Å². The van der Waals surface area contributed by atoms with Gasteiger partial charge in [-0.2, -0.15) is 0 Å². The van der Waals surface area contributed by atoms with E-state index in [1.165, 1.54) is 19.3 Å². The molecule has 55 heavy (non-hydrogen) atoms. The number of likely N-dealkylation sites (tertiary alicyclic amines) is 2. The SMILES string of the molecule is CC12CCC(NC(=O)C3CCCN3C(=O)OCc3ccccc3)CC1CCC1C2CCC2(C)C(NC(=O)C3CCCN3C(=O)OCc3ccccc3)CCC12. The highest BCUT2D eigenvalue weighted by Gasteiger charge is 2.60. The van der Waals surface area contributed by atoms with E-state index in [2.05, 4.69) is 24.5 Å². The number of hydrogen-bond donors (Lipinski definition) is 2. The lowest BCUT2D eigenvalue weighted by molar-refractivity contribution is -0.131. The Morgan fingerprint density at radius 3 is 1.78 bits per heavy atom. The van der Waals surface area contributed by atoms with Crippen LogP contribution in [0, 0.1) is 34.5 Å². The van der Waals surface area contributed by atoms with Gasteiger partial charge in [0.25, 0.3) is 0 Å². The highest BCUT2D eigenvalue weighted by atomic mass is 16.6. The molecule has 0 spiro atoms. The van der Waals surface area contributed by atoms with E-state index in [9.17, 15) is 19.2 Å². The molecule has 296 valence electrons. The molecule has 6 aliphatic rings. The topological polar surface area (TPSA) is 117 Å². The first-order valence-corrected chi connectivity index (χ1v) is 21.2. The third-order valence-corrected chi connectivity index (χ3v) is 15.3. The van der Waals surface area contributed by atoms with E-state index in [0.29, 0.717) is 49.6 Å². The summed E-state index contributed by atoms with van der Waals surface area (Å²) in [5.74, 6) is 2.40. The third-order valence-electron chi connectivity index (χ3n) is 15.3. The van der Waals surface area contributed by atoms with Crippen LogP contribution in [0.4, 0.5) is 9.59 Å². The lowest BCUT2D eigenvalue weighted by atomic mass is 9.45. The number of benzene rings is 2. The van der Waals surface area contributed by atoms with E-state index >= 15 is 0 Å². The molecular formula is C45H60N4O6. The van der Waals surface area contributed by atoms with Crippen LogP contribution in [0.5, 0.6) is 0 Å². The Bertz CT molecular complexity index is 1710. The van der Waals surface area contributed by atoms with Crippen molar-refractivity contribution in [1.82, 2.24) is 20.4 Å². The van der Waals surface area contributed by atoms with E-state index in [1.54, 1.807) is 9.80 Å². The van der Waals surface area contributed by atoms with Crippen molar-refractivity contribution in [2.24, 2.45) is 34.5 Å². The molecule has 2 N–H and O–H groups in total. The average Bonchev–Trinajstić information content (AvgIpc) is 3.97. The van der Waals surface area contributed by atoms with Gasteiger partial charge in [-0.25, -0.2) is 9.59 Å². The number of carbonyl (C=O) groups is 4. The number of hydrogen-bond acceptors (Lipinski definition) is 6. The van der Waals surface area contributed by atoms with Crippen LogP contribution < -0.4 is 10.6 Å². The van der Waals surface area contributed by atoms with Gasteiger partial charge in [-0.1, -0.05) is 74.5 Å². The molecule has 8 rings (SSSR count). The lowest BCUT2D eigenvalue weighted by Crippen LogP contribution is -2.58. The van der Waals surface area contributed by atoms with Gasteiger partial charge >= 0.3 is 12.2 Å². The van der Waals surface area contributed by atoms with Crippen LogP contribution >= 0.6 is 0 Å². The molecule has 0 bridgehead atoms. The molecule has 2 heterocycles. The molecule has 10 nitrogen and oxygen atoms in total. The molecular weight excluding hydrogens is 693 g/mol. The zero-order valence-electron chi connectivity index (χ0n) is 32.8. The monoisotopic (exact) mass is 752 g/mol. The van der Waals surface area contributed by atoms with Gasteiger partial charge in [-0.3, -0.25) is 19.4 Å². The Hall–Kier alpha value is -4.08. The van der Waals surface area contributed by atoms with Crippen LogP contribution in [0.1, 0.15) is 108 Å². The van der Waals surface area contributed by atoms with Crippen molar-refractivity contribution in [3.8, 4) is 0 Å². The number of nitrogens with one attached hydrogen (secondary N) is 2. The largest absolute Gasteiger partial charge is 0.445 e. The van der Waals surface area contributed by atoms with Gasteiger partial charge in [0, 0.05) is 25.2 Å². The van der Waals surface area contributed by atoms with Gasteiger partial charge in [-0.15, -0.1) is 0 Å². The molecule has 0 aromatic heterocycles. The number of carbonyl (C=O) groups excluding carboxylic acids is 4. The van der Waals surface area contributed by atoms with E-state index in [0.717, 1.165) is 62.5 Å². The van der Waals surface area contributed by atoms with Crippen LogP contribution in [0.3, 0.4) is 0 Å². The molecule has 2 saturated heterocycles. The summed E-state index contributed by atoms with van der Waals surface area (Å²) < 4.78 is 11.2. The van der Waals surface area contributed by atoms with Gasteiger partial charge in [0.2, 0.25) is 11.8 Å². The zero-order valence-corrected chi connectivity index (χ0v) is 32.8. The van der Waals surface area contributed by atoms with Gasteiger partial charge < -0.3 is 20.1 Å². The Balaban J connectivity index is 0.839. The van der Waals surface area contributed by atoms with Crippen LogP contribution in [0.2, 0.25) is 0 Å². The maximum absolute atomic E-state index is 13.8. The summed E-state index contributed by atoms with van der Waals surface area (Å²) in [5, 5.41) is 6.89. The Kier molecular flexibility index (Phi) is 10.9. The fourth-order valence-electron chi connectivity index (χ4n) is 12.3. The van der Waals surface area contributed by atoms with Gasteiger partial charge in [0.1, 0.15) is 25.3 Å². The van der Waals surface area contributed by atoms with Gasteiger partial charge in [0.15, 0.2) is 0 Å². The molecule has 10 atom stereocenters. The number of rotatable bonds is 8. The highest BCUT2D eigenvalue weighted by molar-refractivity contribution is 5.87. The van der Waals surface area contributed by atoms with Gasteiger partial charge in [0.05, 0.1) is 0 Å². The molecule has 2 aromatic rings. The van der Waals surface area contributed by atoms with Gasteiger partial charge in [-0.05, 0) is 129 Å². The second-order valence-corrected chi connectivity index (χ2v) is 18.1. The molecule has 0 radical (unpaired) electrons. The number of fused-ring (bicyclic) bond motifs is 5. The first kappa shape index (κ1) is 37.8.